The summed E-state index contributed by atoms with van der Waals surface area (Å²) in [5, 5.41) is 13.2. The van der Waals surface area contributed by atoms with E-state index >= 15 is 0 Å². The summed E-state index contributed by atoms with van der Waals surface area (Å²) in [5.74, 6) is 1.75. The Morgan fingerprint density at radius 2 is 2.03 bits per heavy atom. The van der Waals surface area contributed by atoms with Gasteiger partial charge in [-0.15, -0.1) is 10.2 Å². The molecule has 1 fully saturated rings. The van der Waals surface area contributed by atoms with Crippen LogP contribution < -0.4 is 5.32 Å². The number of aryl methyl sites for hydroxylation is 2. The van der Waals surface area contributed by atoms with Crippen molar-refractivity contribution in [2.24, 2.45) is 5.92 Å². The highest BCUT2D eigenvalue weighted by Gasteiger charge is 2.29. The molecule has 2 aromatic carbocycles. The predicted octanol–water partition coefficient (Wildman–Crippen LogP) is 4.86. The Balaban J connectivity index is 1.62. The second-order valence-corrected chi connectivity index (χ2v) is 8.81. The second kappa shape index (κ2) is 8.59. The summed E-state index contributed by atoms with van der Waals surface area (Å²) in [6.45, 7) is 4.47. The minimum Gasteiger partial charge on any atom is -0.349 e. The minimum atomic E-state index is 0.0938. The Kier molecular flexibility index (Phi) is 5.92. The van der Waals surface area contributed by atoms with Crippen molar-refractivity contribution in [2.45, 2.75) is 44.1 Å². The molecule has 1 saturated carbocycles. The van der Waals surface area contributed by atoms with Crippen LogP contribution in [0.25, 0.3) is 5.69 Å². The Bertz CT molecular complexity index is 1050. The predicted molar refractivity (Wildman–Crippen MR) is 116 cm³/mol. The smallest absolute Gasteiger partial charge is 0.223 e. The average molecular weight is 427 g/mol. The highest BCUT2D eigenvalue weighted by molar-refractivity contribution is 7.98. The quantitative estimate of drug-likeness (QED) is 0.548. The Labute approximate surface area is 179 Å². The molecule has 1 aliphatic rings. The van der Waals surface area contributed by atoms with Gasteiger partial charge in [0.2, 0.25) is 5.91 Å². The van der Waals surface area contributed by atoms with Gasteiger partial charge in [0.25, 0.3) is 0 Å². The molecule has 29 heavy (non-hydrogen) atoms. The Morgan fingerprint density at radius 3 is 2.79 bits per heavy atom. The average Bonchev–Trinajstić information content (AvgIpc) is 3.48. The highest BCUT2D eigenvalue weighted by atomic mass is 35.5. The molecule has 0 bridgehead atoms. The first kappa shape index (κ1) is 20.0. The van der Waals surface area contributed by atoms with Crippen molar-refractivity contribution in [2.75, 3.05) is 0 Å². The first-order chi connectivity index (χ1) is 14.0. The summed E-state index contributed by atoms with van der Waals surface area (Å²) in [7, 11) is 0. The molecular formula is C22H23ClN4OS. The molecule has 1 aliphatic carbocycles. The van der Waals surface area contributed by atoms with Gasteiger partial charge in [0, 0.05) is 16.7 Å². The lowest BCUT2D eigenvalue weighted by Gasteiger charge is -2.14. The van der Waals surface area contributed by atoms with Gasteiger partial charge in [0.1, 0.15) is 0 Å². The first-order valence-corrected chi connectivity index (χ1v) is 11.0. The van der Waals surface area contributed by atoms with Gasteiger partial charge < -0.3 is 5.32 Å². The number of carbonyl (C=O) groups is 1. The number of hydrogen-bond acceptors (Lipinski definition) is 4. The van der Waals surface area contributed by atoms with Crippen LogP contribution in [-0.4, -0.2) is 20.7 Å². The lowest BCUT2D eigenvalue weighted by molar-refractivity contribution is -0.122. The van der Waals surface area contributed by atoms with Gasteiger partial charge >= 0.3 is 0 Å². The zero-order chi connectivity index (χ0) is 20.4. The van der Waals surface area contributed by atoms with Crippen molar-refractivity contribution in [3.05, 3.63) is 70.0 Å². The highest BCUT2D eigenvalue weighted by Crippen LogP contribution is 2.30. The lowest BCUT2D eigenvalue weighted by Crippen LogP contribution is -2.26. The Morgan fingerprint density at radius 1 is 1.21 bits per heavy atom. The molecule has 3 aromatic rings. The molecule has 4 rings (SSSR count). The monoisotopic (exact) mass is 426 g/mol. The summed E-state index contributed by atoms with van der Waals surface area (Å²) in [5.41, 5.74) is 4.47. The summed E-state index contributed by atoms with van der Waals surface area (Å²) >= 11 is 7.90. The van der Waals surface area contributed by atoms with E-state index in [0.717, 1.165) is 35.0 Å². The molecule has 0 radical (unpaired) electrons. The molecule has 0 aliphatic heterocycles. The number of aromatic nitrogens is 3. The van der Waals surface area contributed by atoms with Gasteiger partial charge in [-0.3, -0.25) is 9.36 Å². The van der Waals surface area contributed by atoms with E-state index in [1.165, 1.54) is 11.1 Å². The standard InChI is InChI=1S/C22H23ClN4OS/c1-14-4-3-5-16(10-14)13-29-22-26-25-20(12-24-21(28)17-7-8-17)27(22)19-11-18(23)9-6-15(19)2/h3-6,9-11,17H,7-8,12-13H2,1-2H3,(H,24,28). The van der Waals surface area contributed by atoms with Gasteiger partial charge in [-0.25, -0.2) is 0 Å². The summed E-state index contributed by atoms with van der Waals surface area (Å²) in [4.78, 5) is 12.1. The zero-order valence-electron chi connectivity index (χ0n) is 16.5. The fourth-order valence-electron chi connectivity index (χ4n) is 3.18. The molecule has 0 spiro atoms. The van der Waals surface area contributed by atoms with Crippen molar-refractivity contribution >= 4 is 29.3 Å². The number of carbonyl (C=O) groups excluding carboxylic acids is 1. The van der Waals surface area contributed by atoms with E-state index in [1.54, 1.807) is 11.8 Å². The van der Waals surface area contributed by atoms with E-state index in [4.69, 9.17) is 11.6 Å². The lowest BCUT2D eigenvalue weighted by atomic mass is 10.2. The summed E-state index contributed by atoms with van der Waals surface area (Å²) in [6.07, 6.45) is 1.95. The number of nitrogens with one attached hydrogen (secondary N) is 1. The maximum Gasteiger partial charge on any atom is 0.223 e. The van der Waals surface area contributed by atoms with Gasteiger partial charge in [-0.05, 0) is 49.9 Å². The number of amides is 1. The third-order valence-electron chi connectivity index (χ3n) is 4.93. The minimum absolute atomic E-state index is 0.0938. The third-order valence-corrected chi connectivity index (χ3v) is 6.17. The van der Waals surface area contributed by atoms with Crippen LogP contribution in [0.1, 0.15) is 35.4 Å². The topological polar surface area (TPSA) is 59.8 Å². The molecule has 1 N–H and O–H groups in total. The van der Waals surface area contributed by atoms with Gasteiger partial charge in [-0.2, -0.15) is 0 Å². The molecule has 0 unspecified atom stereocenters. The van der Waals surface area contributed by atoms with Crippen molar-refractivity contribution < 1.29 is 4.79 Å². The zero-order valence-corrected chi connectivity index (χ0v) is 18.1. The number of rotatable bonds is 7. The van der Waals surface area contributed by atoms with Crippen LogP contribution in [0.4, 0.5) is 0 Å². The van der Waals surface area contributed by atoms with E-state index in [2.05, 4.69) is 46.7 Å². The van der Waals surface area contributed by atoms with Crippen LogP contribution in [0.5, 0.6) is 0 Å². The number of halogens is 1. The van der Waals surface area contributed by atoms with Crippen LogP contribution >= 0.6 is 23.4 Å². The number of nitrogens with zero attached hydrogens (tertiary/aromatic N) is 3. The largest absolute Gasteiger partial charge is 0.349 e. The maximum absolute atomic E-state index is 12.1. The molecule has 7 heteroatoms. The number of hydrogen-bond donors (Lipinski definition) is 1. The fourth-order valence-corrected chi connectivity index (χ4v) is 4.25. The molecule has 0 atom stereocenters. The van der Waals surface area contributed by atoms with E-state index in [9.17, 15) is 4.79 Å². The Hall–Kier alpha value is -2.31. The van der Waals surface area contributed by atoms with Crippen molar-refractivity contribution in [3.8, 4) is 5.69 Å². The normalized spacial score (nSPS) is 13.5. The molecule has 150 valence electrons. The molecule has 0 saturated heterocycles. The third kappa shape index (κ3) is 4.82. The van der Waals surface area contributed by atoms with Crippen molar-refractivity contribution in [3.63, 3.8) is 0 Å². The van der Waals surface area contributed by atoms with Crippen LogP contribution in [0, 0.1) is 19.8 Å². The van der Waals surface area contributed by atoms with E-state index in [1.807, 2.05) is 29.7 Å². The molecule has 1 amide bonds. The summed E-state index contributed by atoms with van der Waals surface area (Å²) < 4.78 is 2.01. The molecule has 1 aromatic heterocycles. The van der Waals surface area contributed by atoms with Gasteiger partial charge in [0.15, 0.2) is 11.0 Å². The van der Waals surface area contributed by atoms with Crippen LogP contribution in [-0.2, 0) is 17.1 Å². The van der Waals surface area contributed by atoms with Gasteiger partial charge in [0.05, 0.1) is 12.2 Å². The van der Waals surface area contributed by atoms with E-state index in [-0.39, 0.29) is 11.8 Å². The van der Waals surface area contributed by atoms with Crippen molar-refractivity contribution in [1.82, 2.24) is 20.1 Å². The molecular weight excluding hydrogens is 404 g/mol. The molecule has 1 heterocycles. The van der Waals surface area contributed by atoms with Crippen LogP contribution in [0.2, 0.25) is 5.02 Å². The number of benzene rings is 2. The fraction of sp³-hybridized carbons (Fsp3) is 0.318. The summed E-state index contributed by atoms with van der Waals surface area (Å²) in [6, 6.07) is 14.2. The SMILES string of the molecule is Cc1cccc(CSc2nnc(CNC(=O)C3CC3)n2-c2cc(Cl)ccc2C)c1. The van der Waals surface area contributed by atoms with Crippen molar-refractivity contribution in [1.29, 1.82) is 0 Å². The molecule has 5 nitrogen and oxygen atoms in total. The van der Waals surface area contributed by atoms with Crippen LogP contribution in [0.3, 0.4) is 0 Å². The van der Waals surface area contributed by atoms with E-state index in [0.29, 0.717) is 17.4 Å². The maximum atomic E-state index is 12.1. The van der Waals surface area contributed by atoms with Crippen LogP contribution in [0.15, 0.2) is 47.6 Å². The first-order valence-electron chi connectivity index (χ1n) is 9.68. The second-order valence-electron chi connectivity index (χ2n) is 7.43. The number of thioether (sulfide) groups is 1. The van der Waals surface area contributed by atoms with Gasteiger partial charge in [-0.1, -0.05) is 59.3 Å². The van der Waals surface area contributed by atoms with E-state index < -0.39 is 0 Å².